The number of hydrogen-bond donors (Lipinski definition) is 2. The lowest BCUT2D eigenvalue weighted by atomic mass is 10.5. The van der Waals surface area contributed by atoms with E-state index in [-0.39, 0.29) is 24.3 Å². The molecule has 9 heteroatoms. The summed E-state index contributed by atoms with van der Waals surface area (Å²) in [4.78, 5) is 17.4. The lowest BCUT2D eigenvalue weighted by Gasteiger charge is -2.01. The molecule has 1 aromatic heterocycles. The van der Waals surface area contributed by atoms with Crippen LogP contribution in [0.1, 0.15) is 5.69 Å². The van der Waals surface area contributed by atoms with Gasteiger partial charge in [-0.3, -0.25) is 4.99 Å². The monoisotopic (exact) mass is 248 g/mol. The molecule has 0 aliphatic rings. The molecule has 0 bridgehead atoms. The summed E-state index contributed by atoms with van der Waals surface area (Å²) >= 11 is 0. The van der Waals surface area contributed by atoms with Crippen molar-refractivity contribution in [2.75, 3.05) is 6.54 Å². The predicted molar refractivity (Wildman–Crippen MR) is 61.5 cm³/mol. The second-order valence-electron chi connectivity index (χ2n) is 2.91. The molecule has 4 N–H and O–H groups in total. The third-order valence-corrected chi connectivity index (χ3v) is 1.82. The highest BCUT2D eigenvalue weighted by atomic mass is 35.5. The number of nitrogens with zero attached hydrogens (tertiary/aromatic N) is 4. The third-order valence-electron chi connectivity index (χ3n) is 1.82. The number of aromatic nitrogens is 2. The van der Waals surface area contributed by atoms with E-state index in [0.717, 1.165) is 0 Å². The van der Waals surface area contributed by atoms with Crippen LogP contribution in [0.2, 0.25) is 0 Å². The zero-order valence-electron chi connectivity index (χ0n) is 8.66. The van der Waals surface area contributed by atoms with Gasteiger partial charge in [0.05, 0.1) is 13.1 Å². The molecule has 90 valence electrons. The maximum absolute atomic E-state index is 10.6. The van der Waals surface area contributed by atoms with Gasteiger partial charge in [0.15, 0.2) is 5.96 Å². The van der Waals surface area contributed by atoms with Crippen molar-refractivity contribution in [2.24, 2.45) is 16.5 Å². The molecule has 0 atom stereocenters. The molecule has 0 saturated carbocycles. The molecule has 1 aromatic rings. The molecule has 1 heterocycles. The summed E-state index contributed by atoms with van der Waals surface area (Å²) in [6.07, 6.45) is 1.44. The van der Waals surface area contributed by atoms with Gasteiger partial charge in [-0.05, 0) is 11.8 Å². The van der Waals surface area contributed by atoms with E-state index in [4.69, 9.17) is 11.5 Å². The number of halogens is 1. The van der Waals surface area contributed by atoms with Crippen molar-refractivity contribution in [2.45, 2.75) is 13.5 Å². The van der Waals surface area contributed by atoms with Gasteiger partial charge in [-0.25, -0.2) is 4.57 Å². The van der Waals surface area contributed by atoms with Crippen LogP contribution < -0.4 is 11.5 Å². The Balaban J connectivity index is 0.00000225. The summed E-state index contributed by atoms with van der Waals surface area (Å²) in [7, 11) is 0. The molecule has 0 spiro atoms. The van der Waals surface area contributed by atoms with E-state index >= 15 is 0 Å². The van der Waals surface area contributed by atoms with Crippen LogP contribution in [0.5, 0.6) is 0 Å². The highest BCUT2D eigenvalue weighted by molar-refractivity contribution is 5.85. The van der Waals surface area contributed by atoms with Crippen molar-refractivity contribution in [3.8, 4) is 0 Å². The van der Waals surface area contributed by atoms with Crippen molar-refractivity contribution in [3.05, 3.63) is 22.0 Å². The van der Waals surface area contributed by atoms with Crippen molar-refractivity contribution in [1.82, 2.24) is 9.55 Å². The Kier molecular flexibility index (Phi) is 5.23. The largest absolute Gasteiger partial charge is 0.434 e. The van der Waals surface area contributed by atoms with Crippen molar-refractivity contribution in [1.29, 1.82) is 0 Å². The fraction of sp³-hybridized carbons (Fsp3) is 0.429. The molecule has 0 fully saturated rings. The Morgan fingerprint density at radius 2 is 2.31 bits per heavy atom. The number of nitrogens with two attached hydrogens (primary N) is 2. The number of aliphatic imine (C=N–C) groups is 1. The second-order valence-corrected chi connectivity index (χ2v) is 2.91. The van der Waals surface area contributed by atoms with Crippen LogP contribution in [0.25, 0.3) is 0 Å². The first-order chi connectivity index (χ1) is 7.02. The number of nitro groups is 1. The summed E-state index contributed by atoms with van der Waals surface area (Å²) in [5.74, 6) is -0.228. The van der Waals surface area contributed by atoms with Gasteiger partial charge in [0, 0.05) is 0 Å². The quantitative estimate of drug-likeness (QED) is 0.330. The first-order valence-corrected chi connectivity index (χ1v) is 4.24. The van der Waals surface area contributed by atoms with Gasteiger partial charge in [0.2, 0.25) is 0 Å². The lowest BCUT2D eigenvalue weighted by Crippen LogP contribution is -2.23. The van der Waals surface area contributed by atoms with Gasteiger partial charge < -0.3 is 21.6 Å². The average molecular weight is 249 g/mol. The summed E-state index contributed by atoms with van der Waals surface area (Å²) in [6.45, 7) is 2.36. The van der Waals surface area contributed by atoms with Gasteiger partial charge in [0.25, 0.3) is 0 Å². The molecule has 1 rings (SSSR count). The van der Waals surface area contributed by atoms with Crippen molar-refractivity contribution >= 4 is 24.3 Å². The molecule has 0 unspecified atom stereocenters. The van der Waals surface area contributed by atoms with E-state index < -0.39 is 4.92 Å². The minimum absolute atomic E-state index is 0. The number of hydrogen-bond acceptors (Lipinski definition) is 4. The molecular weight excluding hydrogens is 236 g/mol. The van der Waals surface area contributed by atoms with Crippen LogP contribution in [-0.2, 0) is 6.54 Å². The van der Waals surface area contributed by atoms with Crippen LogP contribution in [0, 0.1) is 17.0 Å². The average Bonchev–Trinajstić information content (AvgIpc) is 2.47. The van der Waals surface area contributed by atoms with Gasteiger partial charge in [-0.15, -0.1) is 12.4 Å². The number of imidazole rings is 1. The maximum Gasteiger partial charge on any atom is 0.434 e. The van der Waals surface area contributed by atoms with E-state index in [2.05, 4.69) is 9.98 Å². The molecule has 0 aromatic carbocycles. The van der Waals surface area contributed by atoms with E-state index in [0.29, 0.717) is 18.8 Å². The molecular formula is C7H13ClN6O2. The minimum Gasteiger partial charge on any atom is -0.390 e. The number of guanidine groups is 1. The fourth-order valence-electron chi connectivity index (χ4n) is 1.15. The first-order valence-electron chi connectivity index (χ1n) is 4.24. The second kappa shape index (κ2) is 5.91. The number of rotatable bonds is 4. The SMILES string of the molecule is Cc1cnc([N+](=O)[O-])n1CCN=C(N)N.Cl. The molecule has 0 aliphatic carbocycles. The van der Waals surface area contributed by atoms with Crippen molar-refractivity contribution < 1.29 is 4.92 Å². The summed E-state index contributed by atoms with van der Waals surface area (Å²) in [5, 5.41) is 10.6. The van der Waals surface area contributed by atoms with Crippen LogP contribution >= 0.6 is 12.4 Å². The van der Waals surface area contributed by atoms with Gasteiger partial charge in [-0.2, -0.15) is 0 Å². The Hall–Kier alpha value is -1.83. The van der Waals surface area contributed by atoms with Crippen LogP contribution in [-0.4, -0.2) is 27.0 Å². The van der Waals surface area contributed by atoms with Crippen LogP contribution in [0.15, 0.2) is 11.2 Å². The Bertz CT molecular complexity index is 398. The first kappa shape index (κ1) is 14.2. The molecule has 0 aliphatic heterocycles. The van der Waals surface area contributed by atoms with E-state index in [9.17, 15) is 10.1 Å². The minimum atomic E-state index is -0.539. The normalized spacial score (nSPS) is 9.31. The summed E-state index contributed by atoms with van der Waals surface area (Å²) < 4.78 is 1.45. The van der Waals surface area contributed by atoms with E-state index in [1.54, 1.807) is 6.92 Å². The smallest absolute Gasteiger partial charge is 0.390 e. The number of aryl methyl sites for hydroxylation is 1. The van der Waals surface area contributed by atoms with Gasteiger partial charge >= 0.3 is 5.95 Å². The summed E-state index contributed by atoms with van der Waals surface area (Å²) in [5.41, 5.74) is 11.0. The molecule has 8 nitrogen and oxygen atoms in total. The maximum atomic E-state index is 10.6. The summed E-state index contributed by atoms with van der Waals surface area (Å²) in [6, 6.07) is 0. The molecule has 0 amide bonds. The van der Waals surface area contributed by atoms with Crippen molar-refractivity contribution in [3.63, 3.8) is 0 Å². The highest BCUT2D eigenvalue weighted by Gasteiger charge is 2.17. The Morgan fingerprint density at radius 1 is 1.69 bits per heavy atom. The third kappa shape index (κ3) is 3.39. The molecule has 0 saturated heterocycles. The van der Waals surface area contributed by atoms with E-state index in [1.807, 2.05) is 0 Å². The van der Waals surface area contributed by atoms with Crippen LogP contribution in [0.4, 0.5) is 5.95 Å². The standard InChI is InChI=1S/C7H12N6O2.ClH/c1-5-4-11-7(13(14)15)12(5)3-2-10-6(8)9;/h4H,2-3H2,1H3,(H4,8,9,10);1H. The highest BCUT2D eigenvalue weighted by Crippen LogP contribution is 2.11. The molecule has 16 heavy (non-hydrogen) atoms. The van der Waals surface area contributed by atoms with Gasteiger partial charge in [-0.1, -0.05) is 4.98 Å². The zero-order chi connectivity index (χ0) is 11.4. The molecule has 0 radical (unpaired) electrons. The predicted octanol–water partition coefficient (Wildman–Crippen LogP) is -0.205. The fourth-order valence-corrected chi connectivity index (χ4v) is 1.15. The van der Waals surface area contributed by atoms with Crippen LogP contribution in [0.3, 0.4) is 0 Å². The van der Waals surface area contributed by atoms with E-state index in [1.165, 1.54) is 10.8 Å². The Labute approximate surface area is 97.9 Å². The lowest BCUT2D eigenvalue weighted by molar-refractivity contribution is -0.396. The zero-order valence-corrected chi connectivity index (χ0v) is 9.48. The Morgan fingerprint density at radius 3 is 2.81 bits per heavy atom. The topological polar surface area (TPSA) is 125 Å². The van der Waals surface area contributed by atoms with Gasteiger partial charge in [0.1, 0.15) is 11.9 Å².